The number of rotatable bonds is 3. The van der Waals surface area contributed by atoms with E-state index in [1.165, 1.54) is 5.39 Å². The molecule has 4 rings (SSSR count). The van der Waals surface area contributed by atoms with Gasteiger partial charge in [0.25, 0.3) is 0 Å². The lowest BCUT2D eigenvalue weighted by Crippen LogP contribution is -2.10. The highest BCUT2D eigenvalue weighted by Gasteiger charge is 2.20. The van der Waals surface area contributed by atoms with Crippen LogP contribution in [0.3, 0.4) is 0 Å². The Hall–Kier alpha value is -3.01. The zero-order valence-corrected chi connectivity index (χ0v) is 14.0. The maximum Gasteiger partial charge on any atom is 0.173 e. The maximum atomic E-state index is 5.78. The van der Waals surface area contributed by atoms with E-state index in [-0.39, 0.29) is 0 Å². The predicted molar refractivity (Wildman–Crippen MR) is 98.1 cm³/mol. The molecule has 0 saturated heterocycles. The molecule has 4 heteroatoms. The highest BCUT2D eigenvalue weighted by molar-refractivity contribution is 5.93. The smallest absolute Gasteiger partial charge is 0.173 e. The van der Waals surface area contributed by atoms with Gasteiger partial charge in [-0.2, -0.15) is 5.10 Å². The van der Waals surface area contributed by atoms with E-state index in [2.05, 4.69) is 41.4 Å². The molecule has 0 spiro atoms. The summed E-state index contributed by atoms with van der Waals surface area (Å²) in [4.78, 5) is 2.05. The van der Waals surface area contributed by atoms with Gasteiger partial charge in [-0.1, -0.05) is 48.5 Å². The zero-order chi connectivity index (χ0) is 16.7. The average Bonchev–Trinajstić information content (AvgIpc) is 3.12. The summed E-state index contributed by atoms with van der Waals surface area (Å²) in [5, 5.41) is 7.16. The highest BCUT2D eigenvalue weighted by atomic mass is 16.5. The second-order valence-electron chi connectivity index (χ2n) is 6.03. The third-order valence-corrected chi connectivity index (χ3v) is 4.16. The van der Waals surface area contributed by atoms with Gasteiger partial charge in [-0.3, -0.25) is 0 Å². The van der Waals surface area contributed by atoms with Crippen LogP contribution in [0.2, 0.25) is 0 Å². The van der Waals surface area contributed by atoms with Gasteiger partial charge in [0.1, 0.15) is 11.2 Å². The van der Waals surface area contributed by atoms with Crippen LogP contribution >= 0.6 is 0 Å². The fourth-order valence-electron chi connectivity index (χ4n) is 3.20. The predicted octanol–water partition coefficient (Wildman–Crippen LogP) is 3.18. The van der Waals surface area contributed by atoms with E-state index < -0.39 is 0 Å². The Morgan fingerprint density at radius 1 is 1.00 bits per heavy atom. The minimum absolute atomic E-state index is 0.811. The minimum atomic E-state index is 0.811. The summed E-state index contributed by atoms with van der Waals surface area (Å²) in [5.74, 6) is 0.811. The highest BCUT2D eigenvalue weighted by Crippen LogP contribution is 2.33. The number of para-hydroxylation sites is 1. The molecule has 0 amide bonds. The fourth-order valence-corrected chi connectivity index (χ4v) is 3.20. The van der Waals surface area contributed by atoms with Crippen LogP contribution in [0.1, 0.15) is 0 Å². The van der Waals surface area contributed by atoms with Gasteiger partial charge in [-0.05, 0) is 6.07 Å². The van der Waals surface area contributed by atoms with Gasteiger partial charge < -0.3 is 9.64 Å². The van der Waals surface area contributed by atoms with Gasteiger partial charge in [0, 0.05) is 36.5 Å². The van der Waals surface area contributed by atoms with Crippen molar-refractivity contribution in [2.24, 2.45) is 0 Å². The number of nitrogens with zero attached hydrogens (tertiary/aromatic N) is 3. The first kappa shape index (κ1) is 14.6. The largest absolute Gasteiger partial charge is 0.492 e. The van der Waals surface area contributed by atoms with Crippen molar-refractivity contribution >= 4 is 22.6 Å². The van der Waals surface area contributed by atoms with E-state index in [1.807, 2.05) is 42.9 Å². The lowest BCUT2D eigenvalue weighted by Gasteiger charge is -2.04. The Labute approximate surface area is 140 Å². The molecule has 0 atom stereocenters. The Morgan fingerprint density at radius 2 is 1.71 bits per heavy atom. The van der Waals surface area contributed by atoms with E-state index in [0.717, 1.165) is 33.3 Å². The average molecular weight is 317 g/mol. The van der Waals surface area contributed by atoms with Gasteiger partial charge in [0.15, 0.2) is 5.75 Å². The lowest BCUT2D eigenvalue weighted by molar-refractivity contribution is 0.421. The molecular formula is C20H19N3O. The van der Waals surface area contributed by atoms with Crippen molar-refractivity contribution in [2.45, 2.75) is 0 Å². The molecule has 4 nitrogen and oxygen atoms in total. The van der Waals surface area contributed by atoms with E-state index in [0.29, 0.717) is 0 Å². The van der Waals surface area contributed by atoms with Crippen molar-refractivity contribution < 1.29 is 4.74 Å². The zero-order valence-electron chi connectivity index (χ0n) is 14.0. The summed E-state index contributed by atoms with van der Waals surface area (Å²) in [7, 11) is 5.76. The third-order valence-electron chi connectivity index (χ3n) is 4.16. The number of hydrogen-bond acceptors (Lipinski definition) is 3. The van der Waals surface area contributed by atoms with Crippen molar-refractivity contribution in [1.82, 2.24) is 14.5 Å². The van der Waals surface area contributed by atoms with Gasteiger partial charge >= 0.3 is 0 Å². The van der Waals surface area contributed by atoms with E-state index in [4.69, 9.17) is 9.84 Å². The van der Waals surface area contributed by atoms with E-state index >= 15 is 0 Å². The molecule has 24 heavy (non-hydrogen) atoms. The van der Waals surface area contributed by atoms with Gasteiger partial charge in [0.05, 0.1) is 12.6 Å². The number of methoxy groups -OCH3 is 1. The first-order valence-electron chi connectivity index (χ1n) is 7.91. The number of hydrogen-bond donors (Lipinski definition) is 0. The van der Waals surface area contributed by atoms with Crippen molar-refractivity contribution in [2.75, 3.05) is 21.2 Å². The Kier molecular flexibility index (Phi) is 3.38. The van der Waals surface area contributed by atoms with Crippen LogP contribution in [-0.2, 0) is 0 Å². The molecule has 0 aliphatic carbocycles. The van der Waals surface area contributed by atoms with Crippen molar-refractivity contribution in [3.05, 3.63) is 59.8 Å². The van der Waals surface area contributed by atoms with E-state index in [9.17, 15) is 0 Å². The first-order chi connectivity index (χ1) is 11.7. The van der Waals surface area contributed by atoms with Crippen LogP contribution in [0.4, 0.5) is 0 Å². The summed E-state index contributed by atoms with van der Waals surface area (Å²) >= 11 is 0. The van der Waals surface area contributed by atoms with Crippen LogP contribution in [0, 0.1) is 0 Å². The maximum absolute atomic E-state index is 5.78. The molecule has 0 radical (unpaired) electrons. The van der Waals surface area contributed by atoms with Crippen LogP contribution in [0.5, 0.6) is 5.75 Å². The molecule has 0 saturated carbocycles. The Morgan fingerprint density at radius 3 is 2.42 bits per heavy atom. The monoisotopic (exact) mass is 317 g/mol. The summed E-state index contributed by atoms with van der Waals surface area (Å²) in [5.41, 5.74) is 4.01. The van der Waals surface area contributed by atoms with Crippen LogP contribution in [-0.4, -0.2) is 35.7 Å². The first-order valence-corrected chi connectivity index (χ1v) is 7.91. The molecule has 4 aromatic rings. The molecule has 0 bridgehead atoms. The van der Waals surface area contributed by atoms with Crippen molar-refractivity contribution in [3.63, 3.8) is 0 Å². The molecule has 2 aromatic heterocycles. The molecule has 2 heterocycles. The molecular weight excluding hydrogens is 298 g/mol. The topological polar surface area (TPSA) is 29.8 Å². The molecule has 0 aliphatic heterocycles. The summed E-state index contributed by atoms with van der Waals surface area (Å²) < 4.78 is 7.77. The summed E-state index contributed by atoms with van der Waals surface area (Å²) in [6.45, 7) is 0. The fraction of sp³-hybridized carbons (Fsp3) is 0.150. The van der Waals surface area contributed by atoms with Gasteiger partial charge in [-0.25, -0.2) is 4.52 Å². The second-order valence-corrected chi connectivity index (χ2v) is 6.03. The number of ether oxygens (including phenoxy) is 1. The van der Waals surface area contributed by atoms with Crippen LogP contribution < -0.4 is 9.96 Å². The third kappa shape index (κ3) is 2.11. The molecule has 0 N–H and O–H groups in total. The quantitative estimate of drug-likeness (QED) is 0.581. The molecule has 2 aromatic carbocycles. The molecule has 0 aliphatic rings. The normalized spacial score (nSPS) is 12.2. The summed E-state index contributed by atoms with van der Waals surface area (Å²) in [6.07, 6.45) is 2.12. The standard InChI is InChI=1S/C20H19N3O/c1-22(2)13-16-15-11-7-8-12-17(15)23-19(16)20(24-3)18(21-23)14-9-5-4-6-10-14/h4-13H,1-3H3/b16-13+. The molecule has 0 unspecified atom stereocenters. The van der Waals surface area contributed by atoms with Gasteiger partial charge in [-0.15, -0.1) is 0 Å². The van der Waals surface area contributed by atoms with Crippen LogP contribution in [0.25, 0.3) is 33.9 Å². The number of aromatic nitrogens is 2. The number of fused-ring (bicyclic) bond motifs is 3. The second kappa shape index (κ2) is 5.57. The minimum Gasteiger partial charge on any atom is -0.492 e. The van der Waals surface area contributed by atoms with Crippen molar-refractivity contribution in [3.8, 4) is 17.0 Å². The Bertz CT molecular complexity index is 1060. The molecule has 120 valence electrons. The van der Waals surface area contributed by atoms with Crippen molar-refractivity contribution in [1.29, 1.82) is 0 Å². The molecule has 0 fully saturated rings. The summed E-state index contributed by atoms with van der Waals surface area (Å²) in [6, 6.07) is 18.5. The SMILES string of the molecule is COc1c(-c2ccccc2)nn2c1/c(=C/N(C)C)c1ccccc12. The van der Waals surface area contributed by atoms with Crippen LogP contribution in [0.15, 0.2) is 54.6 Å². The Balaban J connectivity index is 2.18. The van der Waals surface area contributed by atoms with E-state index in [1.54, 1.807) is 7.11 Å². The lowest BCUT2D eigenvalue weighted by atomic mass is 10.1. The number of benzene rings is 2. The van der Waals surface area contributed by atoms with Gasteiger partial charge in [0.2, 0.25) is 0 Å².